The van der Waals surface area contributed by atoms with Crippen LogP contribution in [-0.4, -0.2) is 123 Å². The fraction of sp³-hybridized carbons (Fsp3) is 0.429. The molecule has 0 saturated carbocycles. The van der Waals surface area contributed by atoms with Crippen molar-refractivity contribution in [2.45, 2.75) is 64.7 Å². The SMILES string of the molecule is O=C1[C@@H](NS(=O)(=O)c2cc3cc(Cl)ccc3s2)CCCN1CC(=O)N1C[C@H]2C[C@@H]1CN2C(=O)CN1CCC[C@H](NS(=O)(=O)c2cc3cc(Cl)ccc3s2)C1=O. The molecular weight excluding hydrogens is 832 g/mol. The number of sulfonamides is 2. The van der Waals surface area contributed by atoms with Crippen molar-refractivity contribution < 1.29 is 36.0 Å². The van der Waals surface area contributed by atoms with Crippen LogP contribution in [0.2, 0.25) is 10.0 Å². The zero-order valence-electron chi connectivity index (χ0n) is 29.2. The van der Waals surface area contributed by atoms with Crippen LogP contribution in [-0.2, 0) is 39.2 Å². The Morgan fingerprint density at radius 2 is 1.09 bits per heavy atom. The van der Waals surface area contributed by atoms with Gasteiger partial charge < -0.3 is 19.6 Å². The van der Waals surface area contributed by atoms with Crippen molar-refractivity contribution in [1.29, 1.82) is 0 Å². The molecule has 2 aromatic heterocycles. The van der Waals surface area contributed by atoms with Crippen LogP contribution in [0.5, 0.6) is 0 Å². The molecule has 0 unspecified atom stereocenters. The van der Waals surface area contributed by atoms with E-state index in [0.717, 1.165) is 32.1 Å². The number of piperidine rings is 2. The number of amides is 4. The van der Waals surface area contributed by atoms with Gasteiger partial charge >= 0.3 is 0 Å². The molecule has 55 heavy (non-hydrogen) atoms. The third-order valence-corrected chi connectivity index (χ3v) is 17.2. The highest BCUT2D eigenvalue weighted by atomic mass is 35.5. The van der Waals surface area contributed by atoms with E-state index in [9.17, 15) is 36.0 Å². The predicted molar refractivity (Wildman–Crippen MR) is 209 cm³/mol. The lowest BCUT2D eigenvalue weighted by Gasteiger charge is -2.38. The zero-order valence-corrected chi connectivity index (χ0v) is 33.9. The van der Waals surface area contributed by atoms with Gasteiger partial charge in [-0.25, -0.2) is 16.8 Å². The summed E-state index contributed by atoms with van der Waals surface area (Å²) < 4.78 is 59.7. The maximum Gasteiger partial charge on any atom is 0.250 e. The molecule has 4 aliphatic rings. The highest BCUT2D eigenvalue weighted by molar-refractivity contribution is 7.92. The molecule has 4 aliphatic heterocycles. The van der Waals surface area contributed by atoms with Crippen LogP contribution >= 0.6 is 45.9 Å². The topological polar surface area (TPSA) is 174 Å². The third kappa shape index (κ3) is 7.71. The number of nitrogens with zero attached hydrogens (tertiary/aromatic N) is 4. The summed E-state index contributed by atoms with van der Waals surface area (Å²) in [5.74, 6) is -1.48. The largest absolute Gasteiger partial charge is 0.334 e. The van der Waals surface area contributed by atoms with Crippen molar-refractivity contribution in [2.75, 3.05) is 39.3 Å². The molecule has 4 amide bonds. The number of halogens is 2. The highest BCUT2D eigenvalue weighted by Gasteiger charge is 2.48. The summed E-state index contributed by atoms with van der Waals surface area (Å²) in [7, 11) is -8.02. The van der Waals surface area contributed by atoms with Crippen LogP contribution in [0.3, 0.4) is 0 Å². The standard InChI is InChI=1S/C35H36Cl2N6O8S4/c36-22-5-7-28-20(11-22)13-32(52-28)54(48,49)38-26-3-1-9-40(34(26)46)18-30(44)42-16-25-15-24(42)17-43(25)31(45)19-41-10-2-4-27(35(41)47)39-55(50,51)33-14-21-12-23(37)6-8-29(21)53-33/h5-8,11-14,24-27,38-39H,1-4,9-10,15-19H2/t24-,25-,26+,27+/m1/s1. The molecule has 14 nitrogen and oxygen atoms in total. The van der Waals surface area contributed by atoms with Crippen molar-refractivity contribution in [2.24, 2.45) is 0 Å². The first-order valence-electron chi connectivity index (χ1n) is 17.7. The van der Waals surface area contributed by atoms with Gasteiger partial charge in [0, 0.05) is 45.6 Å². The normalized spacial score (nSPS) is 23.5. The Labute approximate surface area is 335 Å². The summed E-state index contributed by atoms with van der Waals surface area (Å²) in [5.41, 5.74) is 0. The number of likely N-dealkylation sites (tertiary alicyclic amines) is 4. The van der Waals surface area contributed by atoms with Gasteiger partial charge in [-0.1, -0.05) is 23.2 Å². The fourth-order valence-corrected chi connectivity index (χ4v) is 13.5. The minimum Gasteiger partial charge on any atom is -0.334 e. The van der Waals surface area contributed by atoms with Gasteiger partial charge in [0.1, 0.15) is 20.5 Å². The third-order valence-electron chi connectivity index (χ3n) is 10.6. The number of benzene rings is 2. The van der Waals surface area contributed by atoms with E-state index in [4.69, 9.17) is 23.2 Å². The van der Waals surface area contributed by atoms with Gasteiger partial charge in [0.05, 0.1) is 25.2 Å². The second-order valence-electron chi connectivity index (χ2n) is 14.3. The van der Waals surface area contributed by atoms with E-state index in [-0.39, 0.29) is 58.5 Å². The summed E-state index contributed by atoms with van der Waals surface area (Å²) in [6.07, 6.45) is 2.20. The van der Waals surface area contributed by atoms with E-state index in [2.05, 4.69) is 9.44 Å². The number of fused-ring (bicyclic) bond motifs is 4. The molecule has 292 valence electrons. The van der Waals surface area contributed by atoms with Gasteiger partial charge in [-0.05, 0) is 91.4 Å². The monoisotopic (exact) mass is 866 g/mol. The number of hydrogen-bond acceptors (Lipinski definition) is 10. The number of carbonyl (C=O) groups is 4. The molecule has 0 aliphatic carbocycles. The van der Waals surface area contributed by atoms with Crippen LogP contribution in [0.25, 0.3) is 20.2 Å². The molecule has 2 aromatic carbocycles. The quantitative estimate of drug-likeness (QED) is 0.244. The molecule has 8 rings (SSSR count). The minimum atomic E-state index is -4.01. The van der Waals surface area contributed by atoms with E-state index in [1.807, 2.05) is 0 Å². The van der Waals surface area contributed by atoms with E-state index in [1.54, 1.807) is 46.2 Å². The predicted octanol–water partition coefficient (Wildman–Crippen LogP) is 3.47. The first kappa shape index (κ1) is 38.5. The number of carbonyl (C=O) groups excluding carboxylic acids is 4. The average Bonchev–Trinajstić information content (AvgIpc) is 3.94. The van der Waals surface area contributed by atoms with Gasteiger partial charge in [0.25, 0.3) is 20.0 Å². The van der Waals surface area contributed by atoms with Crippen molar-refractivity contribution in [3.05, 3.63) is 58.6 Å². The van der Waals surface area contributed by atoms with Crippen molar-refractivity contribution >= 4 is 110 Å². The Morgan fingerprint density at radius 1 is 0.673 bits per heavy atom. The molecule has 2 N–H and O–H groups in total. The molecule has 0 radical (unpaired) electrons. The van der Waals surface area contributed by atoms with Gasteiger partial charge in [0.2, 0.25) is 23.6 Å². The van der Waals surface area contributed by atoms with Crippen molar-refractivity contribution in [3.8, 4) is 0 Å². The zero-order chi connectivity index (χ0) is 38.8. The van der Waals surface area contributed by atoms with Crippen LogP contribution in [0.4, 0.5) is 0 Å². The first-order valence-corrected chi connectivity index (χ1v) is 23.1. The van der Waals surface area contributed by atoms with Crippen LogP contribution in [0.1, 0.15) is 32.1 Å². The van der Waals surface area contributed by atoms with Gasteiger partial charge in [-0.15, -0.1) is 22.7 Å². The Balaban J connectivity index is 0.838. The van der Waals surface area contributed by atoms with Gasteiger partial charge in [0.15, 0.2) is 0 Å². The van der Waals surface area contributed by atoms with Gasteiger partial charge in [-0.3, -0.25) is 19.2 Å². The van der Waals surface area contributed by atoms with E-state index >= 15 is 0 Å². The highest BCUT2D eigenvalue weighted by Crippen LogP contribution is 2.34. The summed E-state index contributed by atoms with van der Waals surface area (Å²) in [4.78, 5) is 60.0. The molecule has 4 fully saturated rings. The minimum absolute atomic E-state index is 0.0708. The molecule has 6 heterocycles. The maximum atomic E-state index is 13.5. The van der Waals surface area contributed by atoms with E-state index in [1.165, 1.54) is 21.9 Å². The number of thiophene rings is 2. The summed E-state index contributed by atoms with van der Waals surface area (Å²) in [5, 5.41) is 2.34. The maximum absolute atomic E-state index is 13.5. The lowest BCUT2D eigenvalue weighted by atomic mass is 10.1. The number of piperazine rings is 1. The second kappa shape index (κ2) is 14.9. The van der Waals surface area contributed by atoms with E-state index < -0.39 is 43.9 Å². The second-order valence-corrected chi connectivity index (χ2v) is 21.2. The number of nitrogens with one attached hydrogen (secondary N) is 2. The Hall–Kier alpha value is -3.36. The summed E-state index contributed by atoms with van der Waals surface area (Å²) >= 11 is 14.3. The molecule has 0 spiro atoms. The van der Waals surface area contributed by atoms with E-state index in [0.29, 0.717) is 66.0 Å². The summed E-state index contributed by atoms with van der Waals surface area (Å²) in [6, 6.07) is 10.7. The van der Waals surface area contributed by atoms with Crippen LogP contribution in [0, 0.1) is 0 Å². The van der Waals surface area contributed by atoms with Crippen LogP contribution in [0.15, 0.2) is 56.9 Å². The molecule has 2 bridgehead atoms. The Morgan fingerprint density at radius 3 is 1.49 bits per heavy atom. The number of hydrogen-bond donors (Lipinski definition) is 2. The smallest absolute Gasteiger partial charge is 0.250 e. The molecule has 4 atom stereocenters. The number of rotatable bonds is 10. The molecular formula is C35H36Cl2N6O8S4. The van der Waals surface area contributed by atoms with Crippen molar-refractivity contribution in [3.63, 3.8) is 0 Å². The Kier molecular flexibility index (Phi) is 10.4. The fourth-order valence-electron chi connectivity index (χ4n) is 7.93. The lowest BCUT2D eigenvalue weighted by Crippen LogP contribution is -2.58. The van der Waals surface area contributed by atoms with Crippen LogP contribution < -0.4 is 9.44 Å². The van der Waals surface area contributed by atoms with Gasteiger partial charge in [-0.2, -0.15) is 9.44 Å². The van der Waals surface area contributed by atoms with Crippen molar-refractivity contribution in [1.82, 2.24) is 29.0 Å². The molecule has 20 heteroatoms. The Bertz CT molecular complexity index is 2290. The lowest BCUT2D eigenvalue weighted by molar-refractivity contribution is -0.147. The molecule has 4 saturated heterocycles. The first-order chi connectivity index (χ1) is 26.1. The molecule has 4 aromatic rings. The average molecular weight is 868 g/mol. The summed E-state index contributed by atoms with van der Waals surface area (Å²) in [6.45, 7) is 0.780.